The molecule has 3 atom stereocenters. The lowest BCUT2D eigenvalue weighted by Crippen LogP contribution is -2.42. The number of nitrogens with one attached hydrogen (secondary N) is 1. The molecule has 0 bridgehead atoms. The average Bonchev–Trinajstić information content (AvgIpc) is 2.84. The van der Waals surface area contributed by atoms with Crippen LogP contribution < -0.4 is 5.32 Å². The summed E-state index contributed by atoms with van der Waals surface area (Å²) in [7, 11) is 0. The van der Waals surface area contributed by atoms with Crippen LogP contribution in [0, 0.1) is 18.8 Å². The summed E-state index contributed by atoms with van der Waals surface area (Å²) in [6.45, 7) is 7.75. The summed E-state index contributed by atoms with van der Waals surface area (Å²) in [4.78, 5) is 4.66. The zero-order chi connectivity index (χ0) is 13.7. The Morgan fingerprint density at radius 2 is 2.16 bits per heavy atom. The van der Waals surface area contributed by atoms with E-state index in [-0.39, 0.29) is 0 Å². The van der Waals surface area contributed by atoms with Gasteiger partial charge in [-0.05, 0) is 31.7 Å². The van der Waals surface area contributed by atoms with Gasteiger partial charge in [0.15, 0.2) is 0 Å². The van der Waals surface area contributed by atoms with Crippen LogP contribution in [0.1, 0.15) is 56.7 Å². The molecule has 2 rings (SSSR count). The fraction of sp³-hybridized carbons (Fsp3) is 0.812. The lowest BCUT2D eigenvalue weighted by Gasteiger charge is -2.37. The number of hydrogen-bond donors (Lipinski definition) is 1. The van der Waals surface area contributed by atoms with Crippen molar-refractivity contribution < 1.29 is 0 Å². The van der Waals surface area contributed by atoms with Gasteiger partial charge in [-0.25, -0.2) is 4.98 Å². The Balaban J connectivity index is 2.05. The number of rotatable bonds is 6. The SMILES string of the molecule is CCNC(Cc1nc(C)cs1)C1CCCCC1CC. The maximum Gasteiger partial charge on any atom is 0.0943 e. The highest BCUT2D eigenvalue weighted by atomic mass is 32.1. The van der Waals surface area contributed by atoms with Crippen LogP contribution in [0.2, 0.25) is 0 Å². The van der Waals surface area contributed by atoms with Crippen molar-refractivity contribution in [3.05, 3.63) is 16.1 Å². The molecule has 108 valence electrons. The van der Waals surface area contributed by atoms with Crippen LogP contribution in [0.5, 0.6) is 0 Å². The summed E-state index contributed by atoms with van der Waals surface area (Å²) >= 11 is 1.83. The highest BCUT2D eigenvalue weighted by Gasteiger charge is 2.30. The van der Waals surface area contributed by atoms with Crippen LogP contribution in [-0.2, 0) is 6.42 Å². The second-order valence-electron chi connectivity index (χ2n) is 5.87. The molecule has 3 unspecified atom stereocenters. The van der Waals surface area contributed by atoms with Crippen LogP contribution in [0.3, 0.4) is 0 Å². The molecule has 1 aliphatic rings. The third-order valence-corrected chi connectivity index (χ3v) is 5.53. The molecule has 19 heavy (non-hydrogen) atoms. The van der Waals surface area contributed by atoms with Gasteiger partial charge in [0.25, 0.3) is 0 Å². The fourth-order valence-electron chi connectivity index (χ4n) is 3.59. The maximum absolute atomic E-state index is 4.66. The molecule has 1 aromatic rings. The molecule has 0 saturated heterocycles. The van der Waals surface area contributed by atoms with Crippen molar-refractivity contribution in [1.82, 2.24) is 10.3 Å². The van der Waals surface area contributed by atoms with Crippen molar-refractivity contribution >= 4 is 11.3 Å². The van der Waals surface area contributed by atoms with Gasteiger partial charge in [-0.15, -0.1) is 11.3 Å². The van der Waals surface area contributed by atoms with Gasteiger partial charge in [-0.1, -0.05) is 39.5 Å². The molecule has 0 amide bonds. The summed E-state index contributed by atoms with van der Waals surface area (Å²) in [5.41, 5.74) is 1.17. The topological polar surface area (TPSA) is 24.9 Å². The number of hydrogen-bond acceptors (Lipinski definition) is 3. The fourth-order valence-corrected chi connectivity index (χ4v) is 4.43. The molecule has 1 heterocycles. The van der Waals surface area contributed by atoms with Crippen LogP contribution in [-0.4, -0.2) is 17.6 Å². The zero-order valence-corrected chi connectivity index (χ0v) is 13.4. The Bertz CT molecular complexity index is 375. The largest absolute Gasteiger partial charge is 0.314 e. The number of aromatic nitrogens is 1. The van der Waals surface area contributed by atoms with Gasteiger partial charge in [-0.2, -0.15) is 0 Å². The first-order chi connectivity index (χ1) is 9.24. The molecule has 0 aromatic carbocycles. The van der Waals surface area contributed by atoms with Gasteiger partial charge < -0.3 is 5.32 Å². The molecule has 0 aliphatic heterocycles. The first-order valence-corrected chi connectivity index (χ1v) is 8.77. The predicted molar refractivity (Wildman–Crippen MR) is 83.8 cm³/mol. The van der Waals surface area contributed by atoms with Gasteiger partial charge in [-0.3, -0.25) is 0 Å². The minimum atomic E-state index is 0.626. The second-order valence-corrected chi connectivity index (χ2v) is 6.81. The molecule has 1 aromatic heterocycles. The molecular weight excluding hydrogens is 252 g/mol. The van der Waals surface area contributed by atoms with Crippen molar-refractivity contribution in [2.24, 2.45) is 11.8 Å². The van der Waals surface area contributed by atoms with Gasteiger partial charge in [0, 0.05) is 23.5 Å². The van der Waals surface area contributed by atoms with E-state index in [1.165, 1.54) is 42.8 Å². The van der Waals surface area contributed by atoms with E-state index in [4.69, 9.17) is 0 Å². The smallest absolute Gasteiger partial charge is 0.0943 e. The Morgan fingerprint density at radius 1 is 1.37 bits per heavy atom. The van der Waals surface area contributed by atoms with E-state index in [1.807, 2.05) is 11.3 Å². The van der Waals surface area contributed by atoms with E-state index in [9.17, 15) is 0 Å². The molecule has 2 nitrogen and oxygen atoms in total. The summed E-state index contributed by atoms with van der Waals surface area (Å²) < 4.78 is 0. The van der Waals surface area contributed by atoms with Gasteiger partial charge in [0.05, 0.1) is 5.01 Å². The summed E-state index contributed by atoms with van der Waals surface area (Å²) in [6.07, 6.45) is 8.14. The van der Waals surface area contributed by atoms with Crippen molar-refractivity contribution in [2.45, 2.75) is 65.3 Å². The van der Waals surface area contributed by atoms with Crippen LogP contribution >= 0.6 is 11.3 Å². The second kappa shape index (κ2) is 7.39. The van der Waals surface area contributed by atoms with Gasteiger partial charge in [0.2, 0.25) is 0 Å². The van der Waals surface area contributed by atoms with Crippen molar-refractivity contribution in [2.75, 3.05) is 6.54 Å². The Hall–Kier alpha value is -0.410. The number of likely N-dealkylation sites (N-methyl/N-ethyl adjacent to an activating group) is 1. The lowest BCUT2D eigenvalue weighted by atomic mass is 9.73. The lowest BCUT2D eigenvalue weighted by molar-refractivity contribution is 0.175. The summed E-state index contributed by atoms with van der Waals surface area (Å²) in [5.74, 6) is 1.77. The molecule has 1 aliphatic carbocycles. The van der Waals surface area contributed by atoms with Gasteiger partial charge >= 0.3 is 0 Å². The van der Waals surface area contributed by atoms with E-state index in [1.54, 1.807) is 0 Å². The first kappa shape index (κ1) is 15.0. The van der Waals surface area contributed by atoms with E-state index in [0.717, 1.165) is 24.8 Å². The zero-order valence-electron chi connectivity index (χ0n) is 12.6. The van der Waals surface area contributed by atoms with Crippen molar-refractivity contribution in [3.8, 4) is 0 Å². The maximum atomic E-state index is 4.66. The molecule has 0 radical (unpaired) electrons. The van der Waals surface area contributed by atoms with Crippen LogP contribution in [0.4, 0.5) is 0 Å². The third kappa shape index (κ3) is 4.03. The van der Waals surface area contributed by atoms with E-state index >= 15 is 0 Å². The number of nitrogens with zero attached hydrogens (tertiary/aromatic N) is 1. The Morgan fingerprint density at radius 3 is 2.79 bits per heavy atom. The molecule has 3 heteroatoms. The molecule has 1 fully saturated rings. The predicted octanol–water partition coefficient (Wildman–Crippen LogP) is 4.19. The molecular formula is C16H28N2S. The van der Waals surface area contributed by atoms with Crippen molar-refractivity contribution in [1.29, 1.82) is 0 Å². The van der Waals surface area contributed by atoms with E-state index < -0.39 is 0 Å². The number of thiazole rings is 1. The standard InChI is InChI=1S/C16H28N2S/c1-4-13-8-6-7-9-14(13)15(17-5-2)10-16-18-12(3)11-19-16/h11,13-15,17H,4-10H2,1-3H3. The quantitative estimate of drug-likeness (QED) is 0.845. The van der Waals surface area contributed by atoms with Crippen LogP contribution in [0.25, 0.3) is 0 Å². The third-order valence-electron chi connectivity index (χ3n) is 4.54. The highest BCUT2D eigenvalue weighted by molar-refractivity contribution is 7.09. The monoisotopic (exact) mass is 280 g/mol. The van der Waals surface area contributed by atoms with Crippen LogP contribution in [0.15, 0.2) is 5.38 Å². The van der Waals surface area contributed by atoms with E-state index in [2.05, 4.69) is 36.5 Å². The van der Waals surface area contributed by atoms with Crippen molar-refractivity contribution in [3.63, 3.8) is 0 Å². The summed E-state index contributed by atoms with van der Waals surface area (Å²) in [6, 6.07) is 0.626. The Kier molecular flexibility index (Phi) is 5.83. The van der Waals surface area contributed by atoms with E-state index in [0.29, 0.717) is 6.04 Å². The van der Waals surface area contributed by atoms with Gasteiger partial charge in [0.1, 0.15) is 0 Å². The first-order valence-electron chi connectivity index (χ1n) is 7.89. The normalized spacial score (nSPS) is 25.4. The number of aryl methyl sites for hydroxylation is 1. The summed E-state index contributed by atoms with van der Waals surface area (Å²) in [5, 5.41) is 7.23. The average molecular weight is 280 g/mol. The highest BCUT2D eigenvalue weighted by Crippen LogP contribution is 2.35. The minimum absolute atomic E-state index is 0.626. The Labute approximate surface area is 122 Å². The molecule has 1 N–H and O–H groups in total. The molecule has 0 spiro atoms. The minimum Gasteiger partial charge on any atom is -0.314 e. The molecule has 1 saturated carbocycles.